The fraction of sp³-hybridized carbons (Fsp3) is 0.659. The summed E-state index contributed by atoms with van der Waals surface area (Å²) in [6, 6.07) is 8.86. The molecule has 0 N–H and O–H groups in total. The third-order valence-corrected chi connectivity index (χ3v) is 13.3. The van der Waals surface area contributed by atoms with Crippen molar-refractivity contribution in [1.82, 2.24) is 0 Å². The van der Waals surface area contributed by atoms with E-state index in [9.17, 15) is 9.59 Å². The van der Waals surface area contributed by atoms with Crippen molar-refractivity contribution < 1.29 is 28.5 Å². The molecule has 2 unspecified atom stereocenters. The van der Waals surface area contributed by atoms with Crippen LogP contribution in [0.5, 0.6) is 11.5 Å². The first-order chi connectivity index (χ1) is 24.8. The standard InChI is InChI=1S/C22H34O3S2.C19H26O3S2/c1-5-7-8-18(6-2)11-24-22(23)17(4)12-26-13-19-9-16(3)10-20-14-27-15-25-21(19)20;1-14-9-15(19-16(10-14)12-24-13-21-19)11-23-8-7-18(20)22-17-5-3-2-4-6-17/h9-10,17-18H,5-8,11-15H2,1-4H3;9-10,17H,2-8,11-13H2,1H3. The highest BCUT2D eigenvalue weighted by molar-refractivity contribution is 7.99. The normalized spacial score (nSPS) is 16.6. The van der Waals surface area contributed by atoms with E-state index in [2.05, 4.69) is 52.0 Å². The molecule has 0 radical (unpaired) electrons. The van der Waals surface area contributed by atoms with Crippen LogP contribution in [-0.4, -0.2) is 48.0 Å². The summed E-state index contributed by atoms with van der Waals surface area (Å²) in [6.45, 7) is 11.2. The molecule has 1 aliphatic carbocycles. The van der Waals surface area contributed by atoms with Gasteiger partial charge in [-0.1, -0.05) is 81.8 Å². The second-order valence-corrected chi connectivity index (χ2v) is 18.1. The maximum Gasteiger partial charge on any atom is 0.309 e. The van der Waals surface area contributed by atoms with Gasteiger partial charge in [-0.15, -0.1) is 23.5 Å². The van der Waals surface area contributed by atoms with E-state index >= 15 is 0 Å². The minimum Gasteiger partial charge on any atom is -0.482 e. The molecule has 2 atom stereocenters. The zero-order valence-corrected chi connectivity index (χ0v) is 34.8. The monoisotopic (exact) mass is 776 g/mol. The molecule has 0 saturated heterocycles. The number of carbonyl (C=O) groups excluding carboxylic acids is 2. The van der Waals surface area contributed by atoms with Crippen LogP contribution in [0, 0.1) is 25.7 Å². The molecule has 1 fully saturated rings. The number of carbonyl (C=O) groups is 2. The first-order valence-corrected chi connectivity index (χ1v) is 23.6. The summed E-state index contributed by atoms with van der Waals surface area (Å²) >= 11 is 7.21. The molecule has 2 heterocycles. The van der Waals surface area contributed by atoms with Crippen LogP contribution >= 0.6 is 47.0 Å². The summed E-state index contributed by atoms with van der Waals surface area (Å²) in [6.07, 6.45) is 11.1. The van der Waals surface area contributed by atoms with Gasteiger partial charge in [0.2, 0.25) is 0 Å². The SMILES string of the molecule is CCCCC(CC)COC(=O)C(C)CSCc1cc(C)cc2c1OCSC2.Cc1cc(CSCCC(=O)OC2CCCCC2)c2c(c1)CSCO2. The zero-order valence-electron chi connectivity index (χ0n) is 31.6. The van der Waals surface area contributed by atoms with E-state index in [0.717, 1.165) is 83.6 Å². The molecule has 5 rings (SSSR count). The highest BCUT2D eigenvalue weighted by Crippen LogP contribution is 2.37. The van der Waals surface area contributed by atoms with Gasteiger partial charge in [0.25, 0.3) is 0 Å². The van der Waals surface area contributed by atoms with Crippen molar-refractivity contribution in [3.63, 3.8) is 0 Å². The molecular formula is C41H60O6S4. The van der Waals surface area contributed by atoms with Crippen LogP contribution < -0.4 is 9.47 Å². The van der Waals surface area contributed by atoms with Crippen molar-refractivity contribution in [3.8, 4) is 11.5 Å². The highest BCUT2D eigenvalue weighted by Gasteiger charge is 2.21. The molecule has 2 aromatic carbocycles. The summed E-state index contributed by atoms with van der Waals surface area (Å²) in [5.41, 5.74) is 7.68. The summed E-state index contributed by atoms with van der Waals surface area (Å²) < 4.78 is 22.9. The van der Waals surface area contributed by atoms with Crippen molar-refractivity contribution in [2.45, 2.75) is 128 Å². The number of hydrogen-bond acceptors (Lipinski definition) is 10. The number of unbranched alkanes of at least 4 members (excludes halogenated alkanes) is 1. The van der Waals surface area contributed by atoms with Crippen molar-refractivity contribution in [2.75, 3.05) is 30.0 Å². The second-order valence-electron chi connectivity index (χ2n) is 14.1. The van der Waals surface area contributed by atoms with Gasteiger partial charge in [-0.3, -0.25) is 9.59 Å². The fourth-order valence-corrected chi connectivity index (χ4v) is 9.95. The molecule has 0 bridgehead atoms. The number of aryl methyl sites for hydroxylation is 2. The summed E-state index contributed by atoms with van der Waals surface area (Å²) in [5.74, 6) is 9.34. The van der Waals surface area contributed by atoms with Crippen LogP contribution in [0.1, 0.15) is 118 Å². The molecule has 284 valence electrons. The number of fused-ring (bicyclic) bond motifs is 2. The van der Waals surface area contributed by atoms with E-state index in [-0.39, 0.29) is 24.0 Å². The Labute approximate surface area is 324 Å². The maximum absolute atomic E-state index is 12.3. The van der Waals surface area contributed by atoms with Crippen LogP contribution in [0.15, 0.2) is 24.3 Å². The van der Waals surface area contributed by atoms with Gasteiger partial charge in [-0.2, -0.15) is 23.5 Å². The lowest BCUT2D eigenvalue weighted by molar-refractivity contribution is -0.150. The largest absolute Gasteiger partial charge is 0.482 e. The Morgan fingerprint density at radius 3 is 2.08 bits per heavy atom. The summed E-state index contributed by atoms with van der Waals surface area (Å²) in [7, 11) is 0. The van der Waals surface area contributed by atoms with Gasteiger partial charge in [0.1, 0.15) is 29.5 Å². The molecule has 2 aromatic rings. The van der Waals surface area contributed by atoms with Crippen LogP contribution in [0.2, 0.25) is 0 Å². The Bertz CT molecular complexity index is 1380. The zero-order chi connectivity index (χ0) is 36.4. The third-order valence-electron chi connectivity index (χ3n) is 9.45. The Hall–Kier alpha value is -1.62. The van der Waals surface area contributed by atoms with Crippen molar-refractivity contribution >= 4 is 59.0 Å². The third kappa shape index (κ3) is 14.6. The number of benzene rings is 2. The van der Waals surface area contributed by atoms with Crippen molar-refractivity contribution in [1.29, 1.82) is 0 Å². The molecule has 0 amide bonds. The van der Waals surface area contributed by atoms with Crippen molar-refractivity contribution in [3.05, 3.63) is 57.6 Å². The Balaban J connectivity index is 0.000000230. The predicted octanol–water partition coefficient (Wildman–Crippen LogP) is 11.3. The quantitative estimate of drug-likeness (QED) is 0.115. The van der Waals surface area contributed by atoms with Gasteiger partial charge < -0.3 is 18.9 Å². The average Bonchev–Trinajstić information content (AvgIpc) is 3.13. The van der Waals surface area contributed by atoms with Gasteiger partial charge in [0.15, 0.2) is 0 Å². The van der Waals surface area contributed by atoms with Crippen LogP contribution in [0.4, 0.5) is 0 Å². The summed E-state index contributed by atoms with van der Waals surface area (Å²) in [5, 5.41) is 0. The predicted molar refractivity (Wildman–Crippen MR) is 219 cm³/mol. The van der Waals surface area contributed by atoms with Gasteiger partial charge in [-0.05, 0) is 51.9 Å². The number of ether oxygens (including phenoxy) is 4. The number of rotatable bonds is 17. The van der Waals surface area contributed by atoms with Crippen LogP contribution in [0.25, 0.3) is 0 Å². The molecule has 1 saturated carbocycles. The summed E-state index contributed by atoms with van der Waals surface area (Å²) in [4.78, 5) is 24.2. The Morgan fingerprint density at radius 1 is 0.882 bits per heavy atom. The molecular weight excluding hydrogens is 717 g/mol. The topological polar surface area (TPSA) is 71.1 Å². The molecule has 51 heavy (non-hydrogen) atoms. The van der Waals surface area contributed by atoms with Gasteiger partial charge in [-0.25, -0.2) is 0 Å². The smallest absolute Gasteiger partial charge is 0.309 e. The lowest BCUT2D eigenvalue weighted by Gasteiger charge is -2.22. The lowest BCUT2D eigenvalue weighted by Crippen LogP contribution is -2.21. The van der Waals surface area contributed by atoms with Gasteiger partial charge >= 0.3 is 11.9 Å². The van der Waals surface area contributed by atoms with E-state index in [0.29, 0.717) is 18.9 Å². The van der Waals surface area contributed by atoms with E-state index < -0.39 is 0 Å². The fourth-order valence-electron chi connectivity index (χ4n) is 6.58. The second kappa shape index (κ2) is 23.2. The van der Waals surface area contributed by atoms with E-state index in [4.69, 9.17) is 18.9 Å². The first kappa shape index (κ1) is 42.1. The maximum atomic E-state index is 12.3. The lowest BCUT2D eigenvalue weighted by atomic mass is 9.98. The molecule has 2 aliphatic heterocycles. The van der Waals surface area contributed by atoms with E-state index in [1.807, 2.05) is 30.4 Å². The van der Waals surface area contributed by atoms with E-state index in [1.165, 1.54) is 65.5 Å². The first-order valence-electron chi connectivity index (χ1n) is 18.9. The Kier molecular flexibility index (Phi) is 19.2. The minimum absolute atomic E-state index is 0.0340. The minimum atomic E-state index is -0.0733. The Morgan fingerprint density at radius 2 is 1.49 bits per heavy atom. The van der Waals surface area contributed by atoms with Gasteiger partial charge in [0, 0.05) is 56.8 Å². The van der Waals surface area contributed by atoms with Crippen molar-refractivity contribution in [2.24, 2.45) is 11.8 Å². The molecule has 6 nitrogen and oxygen atoms in total. The van der Waals surface area contributed by atoms with Crippen LogP contribution in [0.3, 0.4) is 0 Å². The van der Waals surface area contributed by atoms with Gasteiger partial charge in [0.05, 0.1) is 18.9 Å². The molecule has 0 aromatic heterocycles. The molecule has 10 heteroatoms. The number of hydrogen-bond donors (Lipinski definition) is 0. The average molecular weight is 777 g/mol. The number of esters is 2. The molecule has 0 spiro atoms. The van der Waals surface area contributed by atoms with E-state index in [1.54, 1.807) is 23.5 Å². The molecule has 3 aliphatic rings. The van der Waals surface area contributed by atoms with Crippen LogP contribution in [-0.2, 0) is 42.1 Å². The highest BCUT2D eigenvalue weighted by atomic mass is 32.2. The number of thioether (sulfide) groups is 4.